The lowest BCUT2D eigenvalue weighted by molar-refractivity contribution is 0.793. The smallest absolute Gasteiger partial charge is 0.109 e. The summed E-state index contributed by atoms with van der Waals surface area (Å²) in [6.45, 7) is 2.32. The highest BCUT2D eigenvalue weighted by Crippen LogP contribution is 2.08. The number of rotatable bonds is 2. The predicted molar refractivity (Wildman–Crippen MR) is 42.6 cm³/mol. The third-order valence-corrected chi connectivity index (χ3v) is 1.55. The van der Waals surface area contributed by atoms with Gasteiger partial charge in [0.2, 0.25) is 0 Å². The van der Waals surface area contributed by atoms with E-state index in [9.17, 15) is 0 Å². The van der Waals surface area contributed by atoms with Gasteiger partial charge in [0.1, 0.15) is 6.54 Å². The van der Waals surface area contributed by atoms with E-state index in [-0.39, 0.29) is 6.04 Å². The van der Waals surface area contributed by atoms with E-state index in [4.69, 9.17) is 11.0 Å². The summed E-state index contributed by atoms with van der Waals surface area (Å²) in [5, 5.41) is 8.37. The standard InChI is InChI=1S/C8H11N3/c1-7(10)8-2-4-11(6-8)5-3-9/h2,4,6-7H,5,10H2,1H3. The van der Waals surface area contributed by atoms with Gasteiger partial charge in [0.15, 0.2) is 0 Å². The van der Waals surface area contributed by atoms with Crippen LogP contribution >= 0.6 is 0 Å². The molecule has 1 heterocycles. The molecule has 0 bridgehead atoms. The van der Waals surface area contributed by atoms with Gasteiger partial charge in [-0.05, 0) is 18.6 Å². The van der Waals surface area contributed by atoms with Gasteiger partial charge < -0.3 is 10.3 Å². The van der Waals surface area contributed by atoms with Crippen LogP contribution in [-0.4, -0.2) is 4.57 Å². The van der Waals surface area contributed by atoms with Gasteiger partial charge >= 0.3 is 0 Å². The van der Waals surface area contributed by atoms with Gasteiger partial charge in [-0.15, -0.1) is 0 Å². The van der Waals surface area contributed by atoms with Crippen LogP contribution in [0.4, 0.5) is 0 Å². The molecule has 0 fully saturated rings. The van der Waals surface area contributed by atoms with Crippen molar-refractivity contribution in [2.45, 2.75) is 19.5 Å². The Morgan fingerprint density at radius 3 is 3.00 bits per heavy atom. The molecule has 3 nitrogen and oxygen atoms in total. The summed E-state index contributed by atoms with van der Waals surface area (Å²) in [5.41, 5.74) is 6.70. The fraction of sp³-hybridized carbons (Fsp3) is 0.375. The van der Waals surface area contributed by atoms with Crippen LogP contribution in [0.5, 0.6) is 0 Å². The number of hydrogen-bond acceptors (Lipinski definition) is 2. The van der Waals surface area contributed by atoms with Crippen molar-refractivity contribution in [3.8, 4) is 6.07 Å². The van der Waals surface area contributed by atoms with Crippen molar-refractivity contribution in [3.05, 3.63) is 24.0 Å². The van der Waals surface area contributed by atoms with Crippen LogP contribution in [-0.2, 0) is 6.54 Å². The maximum atomic E-state index is 8.37. The molecule has 0 spiro atoms. The third kappa shape index (κ3) is 1.82. The minimum atomic E-state index is 0.0509. The first-order valence-electron chi connectivity index (χ1n) is 3.52. The number of nitrogens with two attached hydrogens (primary N) is 1. The van der Waals surface area contributed by atoms with Crippen molar-refractivity contribution in [2.24, 2.45) is 5.73 Å². The van der Waals surface area contributed by atoms with Crippen molar-refractivity contribution in [1.82, 2.24) is 4.57 Å². The maximum Gasteiger partial charge on any atom is 0.109 e. The van der Waals surface area contributed by atoms with Gasteiger partial charge in [0.05, 0.1) is 6.07 Å². The molecule has 0 saturated heterocycles. The lowest BCUT2D eigenvalue weighted by Gasteiger charge is -1.98. The minimum absolute atomic E-state index is 0.0509. The van der Waals surface area contributed by atoms with Crippen LogP contribution < -0.4 is 5.73 Å². The fourth-order valence-corrected chi connectivity index (χ4v) is 0.909. The monoisotopic (exact) mass is 149 g/mol. The highest BCUT2D eigenvalue weighted by atomic mass is 14.9. The Morgan fingerprint density at radius 1 is 1.82 bits per heavy atom. The highest BCUT2D eigenvalue weighted by molar-refractivity contribution is 5.14. The molecule has 2 N–H and O–H groups in total. The Labute approximate surface area is 66.0 Å². The molecule has 11 heavy (non-hydrogen) atoms. The van der Waals surface area contributed by atoms with Gasteiger partial charge in [-0.3, -0.25) is 0 Å². The first kappa shape index (κ1) is 7.83. The van der Waals surface area contributed by atoms with E-state index in [0.717, 1.165) is 5.56 Å². The van der Waals surface area contributed by atoms with E-state index < -0.39 is 0 Å². The SMILES string of the molecule is CC(N)c1ccn(CC#N)c1. The third-order valence-electron chi connectivity index (χ3n) is 1.55. The first-order chi connectivity index (χ1) is 5.24. The summed E-state index contributed by atoms with van der Waals surface area (Å²) in [4.78, 5) is 0. The zero-order valence-corrected chi connectivity index (χ0v) is 6.49. The van der Waals surface area contributed by atoms with Gasteiger partial charge in [0.25, 0.3) is 0 Å². The quantitative estimate of drug-likeness (QED) is 0.682. The molecule has 0 radical (unpaired) electrons. The topological polar surface area (TPSA) is 54.7 Å². The number of nitriles is 1. The second kappa shape index (κ2) is 3.22. The largest absolute Gasteiger partial charge is 0.340 e. The first-order valence-corrected chi connectivity index (χ1v) is 3.52. The molecule has 1 unspecified atom stereocenters. The molecule has 58 valence electrons. The van der Waals surface area contributed by atoms with Gasteiger partial charge in [0, 0.05) is 18.4 Å². The number of hydrogen-bond donors (Lipinski definition) is 1. The summed E-state index contributed by atoms with van der Waals surface area (Å²) in [5.74, 6) is 0. The molecular formula is C8H11N3. The van der Waals surface area contributed by atoms with Crippen LogP contribution in [0.15, 0.2) is 18.5 Å². The molecule has 3 heteroatoms. The summed E-state index contributed by atoms with van der Waals surface area (Å²) in [7, 11) is 0. The van der Waals surface area contributed by atoms with Crippen LogP contribution in [0.2, 0.25) is 0 Å². The molecule has 0 aliphatic carbocycles. The van der Waals surface area contributed by atoms with E-state index >= 15 is 0 Å². The van der Waals surface area contributed by atoms with Gasteiger partial charge in [-0.25, -0.2) is 0 Å². The molecule has 0 saturated carbocycles. The molecular weight excluding hydrogens is 138 g/mol. The van der Waals surface area contributed by atoms with Crippen molar-refractivity contribution in [1.29, 1.82) is 5.26 Å². The Bertz CT molecular complexity index is 267. The summed E-state index contributed by atoms with van der Waals surface area (Å²) >= 11 is 0. The molecule has 0 amide bonds. The fourth-order valence-electron chi connectivity index (χ4n) is 0.909. The highest BCUT2D eigenvalue weighted by Gasteiger charge is 1.99. The summed E-state index contributed by atoms with van der Waals surface area (Å²) < 4.78 is 1.82. The lowest BCUT2D eigenvalue weighted by Crippen LogP contribution is -2.03. The zero-order valence-electron chi connectivity index (χ0n) is 6.49. The molecule has 1 rings (SSSR count). The second-order valence-electron chi connectivity index (χ2n) is 2.56. The molecule has 0 aromatic carbocycles. The average Bonchev–Trinajstić information content (AvgIpc) is 2.37. The van der Waals surface area contributed by atoms with Crippen LogP contribution in [0.1, 0.15) is 18.5 Å². The van der Waals surface area contributed by atoms with E-state index in [2.05, 4.69) is 6.07 Å². The van der Waals surface area contributed by atoms with Gasteiger partial charge in [-0.1, -0.05) is 0 Å². The van der Waals surface area contributed by atoms with Gasteiger partial charge in [-0.2, -0.15) is 5.26 Å². The number of nitrogens with zero attached hydrogens (tertiary/aromatic N) is 2. The lowest BCUT2D eigenvalue weighted by atomic mass is 10.2. The van der Waals surface area contributed by atoms with Crippen molar-refractivity contribution >= 4 is 0 Å². The minimum Gasteiger partial charge on any atom is -0.340 e. The van der Waals surface area contributed by atoms with Crippen LogP contribution in [0.25, 0.3) is 0 Å². The van der Waals surface area contributed by atoms with E-state index in [1.54, 1.807) is 0 Å². The molecule has 1 aromatic rings. The molecule has 0 aliphatic heterocycles. The molecule has 1 atom stereocenters. The zero-order chi connectivity index (χ0) is 8.27. The van der Waals surface area contributed by atoms with E-state index in [1.165, 1.54) is 0 Å². The Balaban J connectivity index is 2.75. The Morgan fingerprint density at radius 2 is 2.55 bits per heavy atom. The predicted octanol–water partition coefficient (Wildman–Crippen LogP) is 1.03. The number of aromatic nitrogens is 1. The second-order valence-corrected chi connectivity index (χ2v) is 2.56. The van der Waals surface area contributed by atoms with E-state index in [1.807, 2.05) is 30.0 Å². The maximum absolute atomic E-state index is 8.37. The Kier molecular flexibility index (Phi) is 2.29. The van der Waals surface area contributed by atoms with Crippen LogP contribution in [0.3, 0.4) is 0 Å². The summed E-state index contributed by atoms with van der Waals surface area (Å²) in [6, 6.07) is 4.04. The normalized spacial score (nSPS) is 12.5. The molecule has 0 aliphatic rings. The van der Waals surface area contributed by atoms with Crippen LogP contribution in [0, 0.1) is 11.3 Å². The summed E-state index contributed by atoms with van der Waals surface area (Å²) in [6.07, 6.45) is 3.76. The molecule has 1 aromatic heterocycles. The van der Waals surface area contributed by atoms with Crippen molar-refractivity contribution in [3.63, 3.8) is 0 Å². The van der Waals surface area contributed by atoms with E-state index in [0.29, 0.717) is 6.54 Å². The average molecular weight is 149 g/mol. The van der Waals surface area contributed by atoms with Crippen molar-refractivity contribution in [2.75, 3.05) is 0 Å². The Hall–Kier alpha value is -1.27. The van der Waals surface area contributed by atoms with Crippen molar-refractivity contribution < 1.29 is 0 Å².